The lowest BCUT2D eigenvalue weighted by molar-refractivity contribution is -0.0136. The van der Waals surface area contributed by atoms with Crippen LogP contribution in [0.5, 0.6) is 0 Å². The molecule has 1 aromatic heterocycles. The predicted molar refractivity (Wildman–Crippen MR) is 61.9 cm³/mol. The zero-order chi connectivity index (χ0) is 11.0. The van der Waals surface area contributed by atoms with Crippen molar-refractivity contribution in [2.45, 2.75) is 39.9 Å². The first-order chi connectivity index (χ1) is 7.08. The molecule has 2 unspecified atom stereocenters. The second-order valence-electron chi connectivity index (χ2n) is 4.56. The van der Waals surface area contributed by atoms with E-state index in [9.17, 15) is 0 Å². The van der Waals surface area contributed by atoms with Gasteiger partial charge >= 0.3 is 0 Å². The zero-order valence-electron chi connectivity index (χ0n) is 10.0. The molecule has 1 fully saturated rings. The Morgan fingerprint density at radius 1 is 1.07 bits per heavy atom. The molecule has 1 aromatic rings. The van der Waals surface area contributed by atoms with Crippen LogP contribution >= 0.6 is 0 Å². The van der Waals surface area contributed by atoms with Crippen LogP contribution < -0.4 is 5.01 Å². The molecule has 0 spiro atoms. The van der Waals surface area contributed by atoms with Gasteiger partial charge in [-0.2, -0.15) is 0 Å². The van der Waals surface area contributed by atoms with Crippen molar-refractivity contribution in [3.05, 3.63) is 23.5 Å². The molecule has 1 aliphatic heterocycles. The van der Waals surface area contributed by atoms with Gasteiger partial charge in [0.15, 0.2) is 0 Å². The number of morpholine rings is 1. The fraction of sp³-hybridized carbons (Fsp3) is 0.667. The Hall–Kier alpha value is -0.960. The average Bonchev–Trinajstić information content (AvgIpc) is 2.44. The smallest absolute Gasteiger partial charge is 0.0742 e. The van der Waals surface area contributed by atoms with E-state index in [4.69, 9.17) is 4.74 Å². The number of aryl methyl sites for hydroxylation is 2. The van der Waals surface area contributed by atoms with Gasteiger partial charge in [-0.1, -0.05) is 0 Å². The molecule has 0 radical (unpaired) electrons. The minimum Gasteiger partial charge on any atom is -0.372 e. The Bertz CT molecular complexity index is 316. The molecular formula is C12H20N2O. The van der Waals surface area contributed by atoms with Crippen molar-refractivity contribution in [3.63, 3.8) is 0 Å². The van der Waals surface area contributed by atoms with Crippen LogP contribution in [0.2, 0.25) is 0 Å². The molecule has 3 nitrogen and oxygen atoms in total. The van der Waals surface area contributed by atoms with Gasteiger partial charge in [0.2, 0.25) is 0 Å². The van der Waals surface area contributed by atoms with Gasteiger partial charge in [0.25, 0.3) is 0 Å². The van der Waals surface area contributed by atoms with E-state index in [1.165, 1.54) is 11.4 Å². The van der Waals surface area contributed by atoms with E-state index in [0.29, 0.717) is 12.2 Å². The van der Waals surface area contributed by atoms with Crippen molar-refractivity contribution in [1.82, 2.24) is 4.68 Å². The van der Waals surface area contributed by atoms with Gasteiger partial charge in [0, 0.05) is 11.4 Å². The summed E-state index contributed by atoms with van der Waals surface area (Å²) in [6.07, 6.45) is 0.630. The molecule has 2 heterocycles. The zero-order valence-corrected chi connectivity index (χ0v) is 10.0. The fourth-order valence-electron chi connectivity index (χ4n) is 2.42. The predicted octanol–water partition coefficient (Wildman–Crippen LogP) is 1.85. The molecule has 0 bridgehead atoms. The van der Waals surface area contributed by atoms with Crippen LogP contribution in [0, 0.1) is 13.8 Å². The maximum absolute atomic E-state index is 5.74. The van der Waals surface area contributed by atoms with Crippen LogP contribution in [-0.4, -0.2) is 30.0 Å². The lowest BCUT2D eigenvalue weighted by Gasteiger charge is -2.38. The molecule has 84 valence electrons. The highest BCUT2D eigenvalue weighted by Crippen LogP contribution is 2.14. The summed E-state index contributed by atoms with van der Waals surface area (Å²) in [5.41, 5.74) is 2.60. The maximum Gasteiger partial charge on any atom is 0.0742 e. The molecule has 1 aliphatic rings. The third kappa shape index (κ3) is 2.02. The summed E-state index contributed by atoms with van der Waals surface area (Å²) in [7, 11) is 0. The molecular weight excluding hydrogens is 188 g/mol. The van der Waals surface area contributed by atoms with Gasteiger partial charge in [-0.3, -0.25) is 4.68 Å². The van der Waals surface area contributed by atoms with Crippen LogP contribution in [0.1, 0.15) is 25.2 Å². The molecule has 2 rings (SSSR count). The molecule has 0 aliphatic carbocycles. The Labute approximate surface area is 91.6 Å². The topological polar surface area (TPSA) is 17.4 Å². The van der Waals surface area contributed by atoms with Crippen LogP contribution in [0.15, 0.2) is 12.1 Å². The number of hydrogen-bond donors (Lipinski definition) is 0. The van der Waals surface area contributed by atoms with Crippen molar-refractivity contribution in [3.8, 4) is 0 Å². The minimum atomic E-state index is 0.315. The summed E-state index contributed by atoms with van der Waals surface area (Å²) < 4.78 is 8.04. The fourth-order valence-corrected chi connectivity index (χ4v) is 2.42. The second-order valence-corrected chi connectivity index (χ2v) is 4.56. The molecule has 0 aromatic carbocycles. The summed E-state index contributed by atoms with van der Waals surface area (Å²) in [5, 5.41) is 2.38. The first kappa shape index (κ1) is 10.6. The van der Waals surface area contributed by atoms with E-state index < -0.39 is 0 Å². The van der Waals surface area contributed by atoms with E-state index in [-0.39, 0.29) is 0 Å². The van der Waals surface area contributed by atoms with Gasteiger partial charge in [-0.15, -0.1) is 0 Å². The van der Waals surface area contributed by atoms with E-state index in [0.717, 1.165) is 13.1 Å². The van der Waals surface area contributed by atoms with Crippen molar-refractivity contribution in [2.75, 3.05) is 18.1 Å². The highest BCUT2D eigenvalue weighted by atomic mass is 16.5. The van der Waals surface area contributed by atoms with Crippen LogP contribution in [0.4, 0.5) is 0 Å². The molecule has 0 N–H and O–H groups in total. The number of hydrogen-bond acceptors (Lipinski definition) is 2. The molecule has 1 saturated heterocycles. The number of aromatic nitrogens is 1. The van der Waals surface area contributed by atoms with E-state index in [1.54, 1.807) is 0 Å². The highest BCUT2D eigenvalue weighted by Gasteiger charge is 2.23. The lowest BCUT2D eigenvalue weighted by Crippen LogP contribution is -2.51. The summed E-state index contributed by atoms with van der Waals surface area (Å²) in [6.45, 7) is 10.5. The quantitative estimate of drug-likeness (QED) is 0.701. The Balaban J connectivity index is 2.23. The minimum absolute atomic E-state index is 0.315. The van der Waals surface area contributed by atoms with Gasteiger partial charge in [0.1, 0.15) is 0 Å². The monoisotopic (exact) mass is 208 g/mol. The van der Waals surface area contributed by atoms with Crippen molar-refractivity contribution in [1.29, 1.82) is 0 Å². The standard InChI is InChI=1S/C12H20N2O/c1-9-5-6-10(2)14(9)13-7-11(3)15-12(4)8-13/h5-6,11-12H,7-8H2,1-4H3. The van der Waals surface area contributed by atoms with E-state index in [1.807, 2.05) is 0 Å². The Morgan fingerprint density at radius 2 is 1.53 bits per heavy atom. The van der Waals surface area contributed by atoms with E-state index in [2.05, 4.69) is 49.5 Å². The van der Waals surface area contributed by atoms with Gasteiger partial charge < -0.3 is 9.75 Å². The SMILES string of the molecule is Cc1ccc(C)n1N1CC(C)OC(C)C1. The second kappa shape index (κ2) is 3.89. The number of rotatable bonds is 1. The Morgan fingerprint density at radius 3 is 2.00 bits per heavy atom. The van der Waals surface area contributed by atoms with Crippen LogP contribution in [0.3, 0.4) is 0 Å². The molecule has 0 saturated carbocycles. The first-order valence-corrected chi connectivity index (χ1v) is 5.63. The van der Waals surface area contributed by atoms with Crippen molar-refractivity contribution >= 4 is 0 Å². The van der Waals surface area contributed by atoms with Gasteiger partial charge in [0.05, 0.1) is 25.3 Å². The normalized spacial score (nSPS) is 27.1. The van der Waals surface area contributed by atoms with Crippen LogP contribution in [0.25, 0.3) is 0 Å². The summed E-state index contributed by atoms with van der Waals surface area (Å²) >= 11 is 0. The highest BCUT2D eigenvalue weighted by molar-refractivity contribution is 5.17. The van der Waals surface area contributed by atoms with Gasteiger partial charge in [-0.25, -0.2) is 0 Å². The number of ether oxygens (including phenoxy) is 1. The van der Waals surface area contributed by atoms with Crippen LogP contribution in [-0.2, 0) is 4.74 Å². The van der Waals surface area contributed by atoms with Gasteiger partial charge in [-0.05, 0) is 39.8 Å². The van der Waals surface area contributed by atoms with E-state index >= 15 is 0 Å². The molecule has 0 amide bonds. The molecule has 3 heteroatoms. The van der Waals surface area contributed by atoms with Crippen molar-refractivity contribution in [2.24, 2.45) is 0 Å². The summed E-state index contributed by atoms with van der Waals surface area (Å²) in [5.74, 6) is 0. The third-order valence-corrected chi connectivity index (χ3v) is 2.92. The average molecular weight is 208 g/mol. The molecule has 2 atom stereocenters. The third-order valence-electron chi connectivity index (χ3n) is 2.92. The lowest BCUT2D eigenvalue weighted by atomic mass is 10.2. The Kier molecular flexibility index (Phi) is 2.74. The largest absolute Gasteiger partial charge is 0.372 e. The van der Waals surface area contributed by atoms with Crippen molar-refractivity contribution < 1.29 is 4.74 Å². The first-order valence-electron chi connectivity index (χ1n) is 5.63. The maximum atomic E-state index is 5.74. The number of nitrogens with zero attached hydrogens (tertiary/aromatic N) is 2. The summed E-state index contributed by atoms with van der Waals surface area (Å²) in [6, 6.07) is 4.33. The summed E-state index contributed by atoms with van der Waals surface area (Å²) in [4.78, 5) is 0. The molecule has 15 heavy (non-hydrogen) atoms.